The van der Waals surface area contributed by atoms with E-state index < -0.39 is 10.0 Å². The van der Waals surface area contributed by atoms with Gasteiger partial charge in [0.05, 0.1) is 4.90 Å². The van der Waals surface area contributed by atoms with Gasteiger partial charge in [0.1, 0.15) is 0 Å². The molecule has 0 saturated heterocycles. The number of hydrogen-bond donors (Lipinski definition) is 2. The lowest BCUT2D eigenvalue weighted by Gasteiger charge is -2.16. The normalized spacial score (nSPS) is 17.2. The molecule has 0 aromatic heterocycles. The Kier molecular flexibility index (Phi) is 4.89. The first-order valence-electron chi connectivity index (χ1n) is 6.85. The van der Waals surface area contributed by atoms with E-state index in [0.717, 1.165) is 16.5 Å². The largest absolute Gasteiger partial charge is 0.326 e. The number of halogens is 1. The highest BCUT2D eigenvalue weighted by molar-refractivity contribution is 9.10. The molecular weight excluding hydrogens is 340 g/mol. The Balaban J connectivity index is 2.25. The zero-order chi connectivity index (χ0) is 14.9. The van der Waals surface area contributed by atoms with Crippen LogP contribution in [0.5, 0.6) is 0 Å². The Labute approximate surface area is 129 Å². The summed E-state index contributed by atoms with van der Waals surface area (Å²) >= 11 is 3.40. The summed E-state index contributed by atoms with van der Waals surface area (Å²) in [5, 5.41) is 0. The van der Waals surface area contributed by atoms with Crippen molar-refractivity contribution in [3.05, 3.63) is 27.7 Å². The maximum atomic E-state index is 12.5. The summed E-state index contributed by atoms with van der Waals surface area (Å²) in [6, 6.07) is 3.49. The van der Waals surface area contributed by atoms with Crippen molar-refractivity contribution in [3.8, 4) is 0 Å². The van der Waals surface area contributed by atoms with Gasteiger partial charge in [-0.05, 0) is 49.4 Å². The maximum Gasteiger partial charge on any atom is 0.241 e. The molecule has 3 N–H and O–H groups in total. The minimum atomic E-state index is -3.50. The van der Waals surface area contributed by atoms with Crippen LogP contribution < -0.4 is 10.5 Å². The Morgan fingerprint density at radius 2 is 2.10 bits per heavy atom. The molecule has 1 atom stereocenters. The minimum Gasteiger partial charge on any atom is -0.326 e. The molecule has 1 aliphatic rings. The average molecular weight is 361 g/mol. The van der Waals surface area contributed by atoms with Crippen LogP contribution in [0.15, 0.2) is 21.5 Å². The third kappa shape index (κ3) is 3.81. The predicted octanol–water partition coefficient (Wildman–Crippen LogP) is 2.68. The molecule has 1 aromatic rings. The van der Waals surface area contributed by atoms with Gasteiger partial charge in [-0.25, -0.2) is 13.1 Å². The summed E-state index contributed by atoms with van der Waals surface area (Å²) in [6.45, 7) is 4.04. The van der Waals surface area contributed by atoms with Crippen molar-refractivity contribution in [2.75, 3.05) is 0 Å². The highest BCUT2D eigenvalue weighted by Crippen LogP contribution is 2.34. The van der Waals surface area contributed by atoms with Crippen molar-refractivity contribution in [2.45, 2.75) is 50.6 Å². The predicted molar refractivity (Wildman–Crippen MR) is 83.9 cm³/mol. The number of benzene rings is 1. The topological polar surface area (TPSA) is 72.2 Å². The van der Waals surface area contributed by atoms with Gasteiger partial charge in [-0.3, -0.25) is 0 Å². The summed E-state index contributed by atoms with van der Waals surface area (Å²) in [4.78, 5) is 0.315. The second-order valence-corrected chi connectivity index (χ2v) is 8.14. The van der Waals surface area contributed by atoms with Crippen molar-refractivity contribution in [3.63, 3.8) is 0 Å². The summed E-state index contributed by atoms with van der Waals surface area (Å²) in [5.74, 6) is 0.691. The minimum absolute atomic E-state index is 0.0350. The van der Waals surface area contributed by atoms with Crippen LogP contribution in [-0.4, -0.2) is 14.5 Å². The van der Waals surface area contributed by atoms with Crippen molar-refractivity contribution >= 4 is 26.0 Å². The molecule has 1 aliphatic carbocycles. The van der Waals surface area contributed by atoms with E-state index in [0.29, 0.717) is 22.9 Å². The van der Waals surface area contributed by atoms with Gasteiger partial charge < -0.3 is 5.73 Å². The molecule has 1 aromatic carbocycles. The molecule has 0 radical (unpaired) electrons. The zero-order valence-electron chi connectivity index (χ0n) is 11.8. The van der Waals surface area contributed by atoms with E-state index in [2.05, 4.69) is 20.7 Å². The lowest BCUT2D eigenvalue weighted by molar-refractivity contribution is 0.529. The highest BCUT2D eigenvalue weighted by Gasteiger charge is 2.27. The molecule has 4 nitrogen and oxygen atoms in total. The quantitative estimate of drug-likeness (QED) is 0.818. The van der Waals surface area contributed by atoms with Crippen molar-refractivity contribution < 1.29 is 8.42 Å². The molecule has 0 heterocycles. The summed E-state index contributed by atoms with van der Waals surface area (Å²) in [6.07, 6.45) is 3.36. The first kappa shape index (κ1) is 15.9. The van der Waals surface area contributed by atoms with Crippen LogP contribution >= 0.6 is 15.9 Å². The van der Waals surface area contributed by atoms with E-state index in [1.165, 1.54) is 12.8 Å². The molecule has 0 bridgehead atoms. The molecule has 1 unspecified atom stereocenters. The average Bonchev–Trinajstić information content (AvgIpc) is 3.15. The molecule has 1 saturated carbocycles. The van der Waals surface area contributed by atoms with Crippen molar-refractivity contribution in [1.82, 2.24) is 4.72 Å². The van der Waals surface area contributed by atoms with Crippen LogP contribution in [0.3, 0.4) is 0 Å². The Bertz CT molecular complexity index is 597. The third-order valence-corrected chi connectivity index (χ3v) is 6.16. The van der Waals surface area contributed by atoms with E-state index in [9.17, 15) is 8.42 Å². The van der Waals surface area contributed by atoms with Crippen LogP contribution in [0.4, 0.5) is 0 Å². The molecule has 20 heavy (non-hydrogen) atoms. The Morgan fingerprint density at radius 1 is 1.45 bits per heavy atom. The SMILES string of the molecule is Cc1c(Br)cc(CN)cc1S(=O)(=O)NC(C)CC1CC1. The number of nitrogens with two attached hydrogens (primary N) is 1. The van der Waals surface area contributed by atoms with E-state index in [1.807, 2.05) is 13.0 Å². The van der Waals surface area contributed by atoms with Gasteiger partial charge in [0.15, 0.2) is 0 Å². The first-order chi connectivity index (χ1) is 9.33. The van der Waals surface area contributed by atoms with Crippen LogP contribution in [0, 0.1) is 12.8 Å². The van der Waals surface area contributed by atoms with Gasteiger partial charge in [-0.2, -0.15) is 0 Å². The van der Waals surface area contributed by atoms with Gasteiger partial charge in [0.2, 0.25) is 10.0 Å². The van der Waals surface area contributed by atoms with Crippen molar-refractivity contribution in [1.29, 1.82) is 0 Å². The second-order valence-electron chi connectivity index (χ2n) is 5.61. The van der Waals surface area contributed by atoms with E-state index in [4.69, 9.17) is 5.73 Å². The molecule has 0 aliphatic heterocycles. The van der Waals surface area contributed by atoms with Crippen LogP contribution in [-0.2, 0) is 16.6 Å². The fraction of sp³-hybridized carbons (Fsp3) is 0.571. The Hall–Kier alpha value is -0.430. The van der Waals surface area contributed by atoms with Crippen LogP contribution in [0.1, 0.15) is 37.3 Å². The van der Waals surface area contributed by atoms with Gasteiger partial charge in [0, 0.05) is 17.1 Å². The number of rotatable bonds is 6. The standard InChI is InChI=1S/C14H21BrN2O2S/c1-9(5-11-3-4-11)17-20(18,19)14-7-12(8-16)6-13(15)10(14)2/h6-7,9,11,17H,3-5,8,16H2,1-2H3. The molecule has 0 spiro atoms. The Morgan fingerprint density at radius 3 is 2.65 bits per heavy atom. The number of sulfonamides is 1. The van der Waals surface area contributed by atoms with Crippen LogP contribution in [0.25, 0.3) is 0 Å². The van der Waals surface area contributed by atoms with E-state index in [-0.39, 0.29) is 6.04 Å². The molecule has 6 heteroatoms. The number of nitrogens with one attached hydrogen (secondary N) is 1. The van der Waals surface area contributed by atoms with Gasteiger partial charge in [0.25, 0.3) is 0 Å². The van der Waals surface area contributed by atoms with E-state index >= 15 is 0 Å². The molecule has 2 rings (SSSR count). The summed E-state index contributed by atoms with van der Waals surface area (Å²) < 4.78 is 28.6. The van der Waals surface area contributed by atoms with Gasteiger partial charge in [-0.1, -0.05) is 28.8 Å². The fourth-order valence-corrected chi connectivity index (χ4v) is 4.55. The summed E-state index contributed by atoms with van der Waals surface area (Å²) in [5.41, 5.74) is 7.14. The molecule has 1 fully saturated rings. The molecular formula is C14H21BrN2O2S. The lowest BCUT2D eigenvalue weighted by atomic mass is 10.1. The van der Waals surface area contributed by atoms with Crippen LogP contribution in [0.2, 0.25) is 0 Å². The fourth-order valence-electron chi connectivity index (χ4n) is 2.33. The number of hydrogen-bond acceptors (Lipinski definition) is 3. The third-order valence-electron chi connectivity index (χ3n) is 3.62. The maximum absolute atomic E-state index is 12.5. The zero-order valence-corrected chi connectivity index (χ0v) is 14.2. The van der Waals surface area contributed by atoms with E-state index in [1.54, 1.807) is 13.0 Å². The van der Waals surface area contributed by atoms with Gasteiger partial charge >= 0.3 is 0 Å². The van der Waals surface area contributed by atoms with Gasteiger partial charge in [-0.15, -0.1) is 0 Å². The first-order valence-corrected chi connectivity index (χ1v) is 9.12. The highest BCUT2D eigenvalue weighted by atomic mass is 79.9. The summed E-state index contributed by atoms with van der Waals surface area (Å²) in [7, 11) is -3.50. The smallest absolute Gasteiger partial charge is 0.241 e. The van der Waals surface area contributed by atoms with Crippen molar-refractivity contribution in [2.24, 2.45) is 11.7 Å². The molecule has 0 amide bonds. The second kappa shape index (κ2) is 6.13. The monoisotopic (exact) mass is 360 g/mol. The lowest BCUT2D eigenvalue weighted by Crippen LogP contribution is -2.33. The molecule has 112 valence electrons.